The quantitative estimate of drug-likeness (QED) is 0.422. The molecule has 2 aromatic carbocycles. The van der Waals surface area contributed by atoms with E-state index in [1.807, 2.05) is 54.6 Å². The third-order valence-corrected chi connectivity index (χ3v) is 5.08. The van der Waals surface area contributed by atoms with E-state index in [4.69, 9.17) is 10.5 Å². The van der Waals surface area contributed by atoms with E-state index >= 15 is 0 Å². The van der Waals surface area contributed by atoms with Crippen molar-refractivity contribution in [3.8, 4) is 11.5 Å². The molecule has 3 rings (SSSR count). The average molecular weight is 437 g/mol. The van der Waals surface area contributed by atoms with E-state index in [1.54, 1.807) is 11.5 Å². The largest absolute Gasteiger partial charge is 0.457 e. The van der Waals surface area contributed by atoms with Crippen LogP contribution in [0.15, 0.2) is 59.4 Å². The Morgan fingerprint density at radius 3 is 2.53 bits per heavy atom. The second-order valence-electron chi connectivity index (χ2n) is 7.60. The normalized spacial score (nSPS) is 11.8. The molecule has 1 heterocycles. The zero-order valence-corrected chi connectivity index (χ0v) is 18.3. The zero-order valence-electron chi connectivity index (χ0n) is 18.3. The van der Waals surface area contributed by atoms with Crippen LogP contribution in [0.25, 0.3) is 10.9 Å². The number of hydrogen-bond donors (Lipinski definition) is 3. The molecular formula is C24H28N4O4. The van der Waals surface area contributed by atoms with Crippen LogP contribution >= 0.6 is 0 Å². The molecule has 0 unspecified atom stereocenters. The zero-order chi connectivity index (χ0) is 23.1. The third kappa shape index (κ3) is 5.95. The number of hydrogen-bond acceptors (Lipinski definition) is 5. The summed E-state index contributed by atoms with van der Waals surface area (Å²) in [6.45, 7) is 4.21. The Kier molecular flexibility index (Phi) is 7.62. The number of pyridine rings is 1. The highest BCUT2D eigenvalue weighted by Crippen LogP contribution is 2.25. The number of amides is 2. The lowest BCUT2D eigenvalue weighted by atomic mass is 10.1. The number of fused-ring (bicyclic) bond motifs is 1. The van der Waals surface area contributed by atoms with Gasteiger partial charge in [-0.05, 0) is 49.1 Å². The highest BCUT2D eigenvalue weighted by molar-refractivity contribution is 5.81. The van der Waals surface area contributed by atoms with Gasteiger partial charge in [0.1, 0.15) is 11.5 Å². The fourth-order valence-electron chi connectivity index (χ4n) is 3.31. The van der Waals surface area contributed by atoms with E-state index in [1.165, 1.54) is 6.92 Å². The predicted octanol–water partition coefficient (Wildman–Crippen LogP) is 2.28. The SMILES string of the molecule is CC(=O)NCCCn1c(=O)c(CN[C@@H](C)C(N)=O)cc2ccc(Oc3ccccc3)cc21. The Hall–Kier alpha value is -3.65. The first kappa shape index (κ1) is 23.0. The van der Waals surface area contributed by atoms with Gasteiger partial charge in [0.25, 0.3) is 5.56 Å². The highest BCUT2D eigenvalue weighted by atomic mass is 16.5. The maximum absolute atomic E-state index is 13.2. The lowest BCUT2D eigenvalue weighted by Gasteiger charge is -2.16. The fraction of sp³-hybridized carbons (Fsp3) is 0.292. The Labute approximate surface area is 186 Å². The summed E-state index contributed by atoms with van der Waals surface area (Å²) in [4.78, 5) is 35.7. The van der Waals surface area contributed by atoms with Gasteiger partial charge in [-0.1, -0.05) is 18.2 Å². The van der Waals surface area contributed by atoms with Crippen LogP contribution in [0.2, 0.25) is 0 Å². The minimum absolute atomic E-state index is 0.112. The summed E-state index contributed by atoms with van der Waals surface area (Å²) in [7, 11) is 0. The Bertz CT molecular complexity index is 1160. The summed E-state index contributed by atoms with van der Waals surface area (Å²) < 4.78 is 7.62. The molecule has 0 fully saturated rings. The monoisotopic (exact) mass is 436 g/mol. The third-order valence-electron chi connectivity index (χ3n) is 5.08. The van der Waals surface area contributed by atoms with Crippen molar-refractivity contribution in [1.82, 2.24) is 15.2 Å². The molecule has 0 aliphatic heterocycles. The number of rotatable bonds is 10. The standard InChI is InChI=1S/C24H28N4O4/c1-16(23(25)30)27-15-19-13-18-9-10-21(32-20-7-4-3-5-8-20)14-22(18)28(24(19)31)12-6-11-26-17(2)29/h3-5,7-10,13-14,16,27H,6,11-12,15H2,1-2H3,(H2,25,30)(H,26,29)/t16-/m0/s1. The van der Waals surface area contributed by atoms with Crippen LogP contribution in [0.3, 0.4) is 0 Å². The van der Waals surface area contributed by atoms with E-state index in [2.05, 4.69) is 10.6 Å². The van der Waals surface area contributed by atoms with Crippen molar-refractivity contribution in [2.75, 3.05) is 6.54 Å². The van der Waals surface area contributed by atoms with Crippen molar-refractivity contribution in [3.05, 3.63) is 70.5 Å². The molecule has 1 aromatic heterocycles. The van der Waals surface area contributed by atoms with Crippen molar-refractivity contribution in [3.63, 3.8) is 0 Å². The first-order valence-corrected chi connectivity index (χ1v) is 10.5. The molecule has 32 heavy (non-hydrogen) atoms. The number of para-hydroxylation sites is 1. The number of carbonyl (C=O) groups excluding carboxylic acids is 2. The number of nitrogens with zero attached hydrogens (tertiary/aromatic N) is 1. The lowest BCUT2D eigenvalue weighted by Crippen LogP contribution is -2.39. The van der Waals surface area contributed by atoms with Gasteiger partial charge in [0.05, 0.1) is 11.6 Å². The van der Waals surface area contributed by atoms with E-state index in [-0.39, 0.29) is 18.0 Å². The maximum Gasteiger partial charge on any atom is 0.255 e. The summed E-state index contributed by atoms with van der Waals surface area (Å²) in [5.74, 6) is 0.725. The average Bonchev–Trinajstić information content (AvgIpc) is 2.77. The van der Waals surface area contributed by atoms with Gasteiger partial charge in [-0.2, -0.15) is 0 Å². The molecule has 0 saturated heterocycles. The molecule has 0 bridgehead atoms. The van der Waals surface area contributed by atoms with Crippen LogP contribution < -0.4 is 26.7 Å². The fourth-order valence-corrected chi connectivity index (χ4v) is 3.31. The Balaban J connectivity index is 1.95. The summed E-state index contributed by atoms with van der Waals surface area (Å²) in [5, 5.41) is 6.61. The van der Waals surface area contributed by atoms with Crippen molar-refractivity contribution >= 4 is 22.7 Å². The van der Waals surface area contributed by atoms with Crippen LogP contribution in [-0.2, 0) is 22.7 Å². The molecule has 0 aliphatic rings. The number of nitrogens with two attached hydrogens (primary N) is 1. The molecule has 1 atom stereocenters. The number of aromatic nitrogens is 1. The summed E-state index contributed by atoms with van der Waals surface area (Å²) in [6, 6.07) is 16.3. The van der Waals surface area contributed by atoms with Crippen molar-refractivity contribution in [1.29, 1.82) is 0 Å². The highest BCUT2D eigenvalue weighted by Gasteiger charge is 2.13. The predicted molar refractivity (Wildman–Crippen MR) is 124 cm³/mol. The maximum atomic E-state index is 13.2. The molecule has 168 valence electrons. The van der Waals surface area contributed by atoms with Gasteiger partial charge >= 0.3 is 0 Å². The van der Waals surface area contributed by atoms with Gasteiger partial charge in [-0.15, -0.1) is 0 Å². The van der Waals surface area contributed by atoms with E-state index < -0.39 is 11.9 Å². The molecule has 8 heteroatoms. The van der Waals surface area contributed by atoms with Crippen LogP contribution in [-0.4, -0.2) is 29.0 Å². The van der Waals surface area contributed by atoms with Gasteiger partial charge in [0, 0.05) is 38.2 Å². The minimum Gasteiger partial charge on any atom is -0.457 e. The van der Waals surface area contributed by atoms with Gasteiger partial charge in [-0.3, -0.25) is 14.4 Å². The van der Waals surface area contributed by atoms with Crippen LogP contribution in [0, 0.1) is 0 Å². The van der Waals surface area contributed by atoms with E-state index in [9.17, 15) is 14.4 Å². The van der Waals surface area contributed by atoms with Gasteiger partial charge in [0.2, 0.25) is 11.8 Å². The number of aryl methyl sites for hydroxylation is 1. The molecule has 0 saturated carbocycles. The first-order valence-electron chi connectivity index (χ1n) is 10.5. The second-order valence-corrected chi connectivity index (χ2v) is 7.60. The Morgan fingerprint density at radius 2 is 1.84 bits per heavy atom. The number of ether oxygens (including phenoxy) is 1. The summed E-state index contributed by atoms with van der Waals surface area (Å²) >= 11 is 0. The van der Waals surface area contributed by atoms with E-state index in [0.29, 0.717) is 36.6 Å². The number of primary amides is 1. The number of nitrogens with one attached hydrogen (secondary N) is 2. The van der Waals surface area contributed by atoms with Crippen LogP contribution in [0.1, 0.15) is 25.8 Å². The van der Waals surface area contributed by atoms with Crippen molar-refractivity contribution in [2.24, 2.45) is 5.73 Å². The first-order chi connectivity index (χ1) is 15.3. The van der Waals surface area contributed by atoms with Crippen molar-refractivity contribution in [2.45, 2.75) is 39.4 Å². The molecule has 0 aliphatic carbocycles. The Morgan fingerprint density at radius 1 is 1.09 bits per heavy atom. The summed E-state index contributed by atoms with van der Waals surface area (Å²) in [6.07, 6.45) is 0.590. The van der Waals surface area contributed by atoms with Gasteiger partial charge < -0.3 is 25.7 Å². The van der Waals surface area contributed by atoms with Crippen LogP contribution in [0.4, 0.5) is 0 Å². The molecule has 2 amide bonds. The van der Waals surface area contributed by atoms with E-state index in [0.717, 1.165) is 10.9 Å². The molecule has 3 aromatic rings. The topological polar surface area (TPSA) is 115 Å². The van der Waals surface area contributed by atoms with Crippen LogP contribution in [0.5, 0.6) is 11.5 Å². The smallest absolute Gasteiger partial charge is 0.255 e. The summed E-state index contributed by atoms with van der Waals surface area (Å²) in [5.41, 5.74) is 6.41. The second kappa shape index (κ2) is 10.6. The number of carbonyl (C=O) groups is 2. The van der Waals surface area contributed by atoms with Gasteiger partial charge in [0.15, 0.2) is 0 Å². The minimum atomic E-state index is -0.556. The molecule has 8 nitrogen and oxygen atoms in total. The van der Waals surface area contributed by atoms with Gasteiger partial charge in [-0.25, -0.2) is 0 Å². The number of benzene rings is 2. The molecular weight excluding hydrogens is 408 g/mol. The van der Waals surface area contributed by atoms with Crippen molar-refractivity contribution < 1.29 is 14.3 Å². The molecule has 4 N–H and O–H groups in total. The molecule has 0 radical (unpaired) electrons. The lowest BCUT2D eigenvalue weighted by molar-refractivity contribution is -0.120. The molecule has 0 spiro atoms.